The van der Waals surface area contributed by atoms with E-state index in [2.05, 4.69) is 27.5 Å². The van der Waals surface area contributed by atoms with Gasteiger partial charge in [0.15, 0.2) is 0 Å². The highest BCUT2D eigenvalue weighted by Crippen LogP contribution is 2.39. The topological polar surface area (TPSA) is 113 Å². The monoisotopic (exact) mass is 524 g/mol. The Morgan fingerprint density at radius 1 is 1.18 bits per heavy atom. The molecule has 1 aromatic carbocycles. The molecule has 0 saturated heterocycles. The number of aromatic nitrogens is 2. The molecule has 0 radical (unpaired) electrons. The van der Waals surface area contributed by atoms with Crippen molar-refractivity contribution in [3.05, 3.63) is 48.1 Å². The van der Waals surface area contributed by atoms with E-state index >= 15 is 0 Å². The molecule has 3 heterocycles. The van der Waals surface area contributed by atoms with Crippen molar-refractivity contribution >= 4 is 34.5 Å². The number of anilines is 2. The van der Waals surface area contributed by atoms with Crippen LogP contribution in [-0.4, -0.2) is 55.5 Å². The highest BCUT2D eigenvalue weighted by Gasteiger charge is 2.30. The van der Waals surface area contributed by atoms with Gasteiger partial charge in [-0.3, -0.25) is 25.0 Å². The van der Waals surface area contributed by atoms with Crippen LogP contribution in [-0.2, 0) is 23.9 Å². The molecule has 0 fully saturated rings. The van der Waals surface area contributed by atoms with E-state index in [0.717, 1.165) is 11.9 Å². The Hall–Kier alpha value is -3.63. The number of rotatable bonds is 8. The van der Waals surface area contributed by atoms with E-state index in [9.17, 15) is 9.59 Å². The second-order valence-corrected chi connectivity index (χ2v) is 10.4. The zero-order chi connectivity index (χ0) is 27.3. The van der Waals surface area contributed by atoms with Crippen molar-refractivity contribution in [2.75, 3.05) is 44.8 Å². The molecule has 2 atom stereocenters. The van der Waals surface area contributed by atoms with Crippen LogP contribution < -0.4 is 15.5 Å². The standard InChI is InChI=1S/C28H36N4O6/c1-28(2,3)26(34)30-27-29-22-14-20(31-36-5)15-23-24(22)32(27)21(17-38-23)9-7-6-8-18-10-11-19(25(33)35-4)12-13-37-16-18/h6-7,10-12,14-15,18,21,31H,8-9,13,16-17H2,1-5H3,(H,29,30,34)/b7-6+,11-10-,19-12+. The zero-order valence-electron chi connectivity index (χ0n) is 22.6. The van der Waals surface area contributed by atoms with Gasteiger partial charge < -0.3 is 14.2 Å². The summed E-state index contributed by atoms with van der Waals surface area (Å²) >= 11 is 0. The van der Waals surface area contributed by atoms with Crippen LogP contribution in [0.25, 0.3) is 11.0 Å². The Balaban J connectivity index is 1.53. The fourth-order valence-corrected chi connectivity index (χ4v) is 4.32. The molecule has 2 N–H and O–H groups in total. The van der Waals surface area contributed by atoms with Gasteiger partial charge in [-0.2, -0.15) is 0 Å². The molecule has 204 valence electrons. The fourth-order valence-electron chi connectivity index (χ4n) is 4.32. The summed E-state index contributed by atoms with van der Waals surface area (Å²) < 4.78 is 18.7. The van der Waals surface area contributed by atoms with Crippen molar-refractivity contribution in [1.29, 1.82) is 0 Å². The van der Waals surface area contributed by atoms with E-state index in [1.807, 2.05) is 39.0 Å². The molecule has 2 aromatic rings. The molecule has 2 aliphatic rings. The SMILES string of the molecule is CONc1cc2c3c(c1)nc(NC(=O)C(C)(C)C)n3C(C/C=C/CC1/C=C\C(C(=O)OC)=C/COC1)CO2. The van der Waals surface area contributed by atoms with E-state index in [-0.39, 0.29) is 23.8 Å². The number of amides is 1. The summed E-state index contributed by atoms with van der Waals surface area (Å²) in [6, 6.07) is 3.67. The van der Waals surface area contributed by atoms with Gasteiger partial charge >= 0.3 is 5.97 Å². The number of nitrogens with zero attached hydrogens (tertiary/aromatic N) is 2. The largest absolute Gasteiger partial charge is 0.489 e. The number of carbonyl (C=O) groups is 2. The summed E-state index contributed by atoms with van der Waals surface area (Å²) in [6.45, 7) is 6.97. The summed E-state index contributed by atoms with van der Waals surface area (Å²) in [6.07, 6.45) is 11.2. The van der Waals surface area contributed by atoms with Crippen molar-refractivity contribution in [3.63, 3.8) is 0 Å². The number of benzene rings is 1. The van der Waals surface area contributed by atoms with Crippen molar-refractivity contribution < 1.29 is 28.6 Å². The predicted octanol–water partition coefficient (Wildman–Crippen LogP) is 4.57. The summed E-state index contributed by atoms with van der Waals surface area (Å²) in [5, 5.41) is 3.02. The van der Waals surface area contributed by atoms with Gasteiger partial charge in [0.2, 0.25) is 11.9 Å². The number of carbonyl (C=O) groups excluding carboxylic acids is 2. The van der Waals surface area contributed by atoms with E-state index in [1.54, 1.807) is 19.3 Å². The van der Waals surface area contributed by atoms with Gasteiger partial charge in [-0.25, -0.2) is 9.78 Å². The number of methoxy groups -OCH3 is 1. The molecule has 4 rings (SSSR count). The third-order valence-corrected chi connectivity index (χ3v) is 6.41. The first-order chi connectivity index (χ1) is 18.2. The average molecular weight is 525 g/mol. The number of allylic oxidation sites excluding steroid dienone is 2. The molecule has 0 spiro atoms. The highest BCUT2D eigenvalue weighted by molar-refractivity contribution is 5.96. The summed E-state index contributed by atoms with van der Waals surface area (Å²) in [5.41, 5.74) is 5.00. The third-order valence-electron chi connectivity index (χ3n) is 6.41. The van der Waals surface area contributed by atoms with Crippen molar-refractivity contribution in [2.24, 2.45) is 11.3 Å². The first-order valence-corrected chi connectivity index (χ1v) is 12.7. The number of imidazole rings is 1. The summed E-state index contributed by atoms with van der Waals surface area (Å²) in [4.78, 5) is 34.5. The third kappa shape index (κ3) is 6.25. The molecule has 2 unspecified atom stereocenters. The van der Waals surface area contributed by atoms with Crippen LogP contribution in [0.2, 0.25) is 0 Å². The predicted molar refractivity (Wildman–Crippen MR) is 145 cm³/mol. The van der Waals surface area contributed by atoms with Gasteiger partial charge in [0.05, 0.1) is 50.3 Å². The second kappa shape index (κ2) is 11.8. The highest BCUT2D eigenvalue weighted by atomic mass is 16.6. The molecule has 0 aliphatic carbocycles. The Kier molecular flexibility index (Phi) is 8.53. The molecule has 1 amide bonds. The molecule has 1 aromatic heterocycles. The van der Waals surface area contributed by atoms with Crippen molar-refractivity contribution in [1.82, 2.24) is 9.55 Å². The van der Waals surface area contributed by atoms with Gasteiger partial charge in [0.25, 0.3) is 0 Å². The van der Waals surface area contributed by atoms with Crippen molar-refractivity contribution in [2.45, 2.75) is 39.7 Å². The molecular weight excluding hydrogens is 488 g/mol. The van der Waals surface area contributed by atoms with Crippen LogP contribution >= 0.6 is 0 Å². The Morgan fingerprint density at radius 3 is 2.71 bits per heavy atom. The minimum Gasteiger partial charge on any atom is -0.489 e. The van der Waals surface area contributed by atoms with Gasteiger partial charge in [0.1, 0.15) is 17.9 Å². The van der Waals surface area contributed by atoms with E-state index in [0.29, 0.717) is 54.7 Å². The quantitative estimate of drug-likeness (QED) is 0.293. The van der Waals surface area contributed by atoms with Gasteiger partial charge in [-0.1, -0.05) is 45.1 Å². The number of hydrogen-bond donors (Lipinski definition) is 2. The maximum Gasteiger partial charge on any atom is 0.337 e. The zero-order valence-corrected chi connectivity index (χ0v) is 22.6. The molecule has 10 heteroatoms. The summed E-state index contributed by atoms with van der Waals surface area (Å²) in [7, 11) is 2.91. The van der Waals surface area contributed by atoms with Crippen LogP contribution in [0.3, 0.4) is 0 Å². The lowest BCUT2D eigenvalue weighted by atomic mass is 9.96. The van der Waals surface area contributed by atoms with E-state index in [1.165, 1.54) is 7.11 Å². The minimum absolute atomic E-state index is 0.0572. The number of hydrogen-bond acceptors (Lipinski definition) is 8. The molecule has 0 saturated carbocycles. The number of nitrogens with one attached hydrogen (secondary N) is 2. The molecule has 2 aliphatic heterocycles. The van der Waals surface area contributed by atoms with E-state index in [4.69, 9.17) is 24.0 Å². The van der Waals surface area contributed by atoms with E-state index < -0.39 is 5.41 Å². The maximum absolute atomic E-state index is 12.8. The fraction of sp³-hybridized carbons (Fsp3) is 0.464. The van der Waals surface area contributed by atoms with Gasteiger partial charge in [0, 0.05) is 17.4 Å². The van der Waals surface area contributed by atoms with Crippen LogP contribution in [0.1, 0.15) is 39.7 Å². The maximum atomic E-state index is 12.8. The summed E-state index contributed by atoms with van der Waals surface area (Å²) in [5.74, 6) is 0.826. The average Bonchev–Trinajstić information content (AvgIpc) is 3.22. The lowest BCUT2D eigenvalue weighted by Crippen LogP contribution is -2.31. The number of esters is 1. The molecular formula is C28H36N4O6. The lowest BCUT2D eigenvalue weighted by Gasteiger charge is -2.27. The van der Waals surface area contributed by atoms with Gasteiger partial charge in [-0.05, 0) is 25.0 Å². The normalized spacial score (nSPS) is 21.7. The lowest BCUT2D eigenvalue weighted by molar-refractivity contribution is -0.135. The van der Waals surface area contributed by atoms with Crippen LogP contribution in [0, 0.1) is 11.3 Å². The van der Waals surface area contributed by atoms with Gasteiger partial charge in [-0.15, -0.1) is 0 Å². The number of ether oxygens (including phenoxy) is 3. The van der Waals surface area contributed by atoms with Crippen LogP contribution in [0.15, 0.2) is 48.1 Å². The molecule has 0 bridgehead atoms. The Morgan fingerprint density at radius 2 is 1.97 bits per heavy atom. The van der Waals surface area contributed by atoms with Crippen LogP contribution in [0.5, 0.6) is 5.75 Å². The Bertz CT molecular complexity index is 1270. The van der Waals surface area contributed by atoms with Crippen molar-refractivity contribution in [3.8, 4) is 5.75 Å². The molecule has 10 nitrogen and oxygen atoms in total. The Labute approximate surface area is 222 Å². The smallest absolute Gasteiger partial charge is 0.337 e. The second-order valence-electron chi connectivity index (χ2n) is 10.4. The van der Waals surface area contributed by atoms with Crippen LogP contribution in [0.4, 0.5) is 11.6 Å². The first kappa shape index (κ1) is 27.4. The first-order valence-electron chi connectivity index (χ1n) is 12.7. The minimum atomic E-state index is -0.569. The molecule has 38 heavy (non-hydrogen) atoms.